The number of alkyl halides is 3. The molecule has 2 aromatic carbocycles. The van der Waals surface area contributed by atoms with E-state index in [-0.39, 0.29) is 17.1 Å². The highest BCUT2D eigenvalue weighted by atomic mass is 19.4. The number of halogens is 3. The van der Waals surface area contributed by atoms with Gasteiger partial charge in [-0.3, -0.25) is 14.9 Å². The van der Waals surface area contributed by atoms with Gasteiger partial charge in [-0.2, -0.15) is 13.2 Å². The highest BCUT2D eigenvalue weighted by Gasteiger charge is 2.43. The Hall–Kier alpha value is -4.41. The van der Waals surface area contributed by atoms with E-state index in [2.05, 4.69) is 26.3 Å². The molecule has 0 bridgehead atoms. The van der Waals surface area contributed by atoms with E-state index < -0.39 is 35.1 Å². The van der Waals surface area contributed by atoms with Crippen LogP contribution in [0, 0.1) is 0 Å². The molecule has 1 aliphatic heterocycles. The third-order valence-corrected chi connectivity index (χ3v) is 5.25. The summed E-state index contributed by atoms with van der Waals surface area (Å²) in [5.41, 5.74) is -1.16. The molecule has 8 nitrogen and oxygen atoms in total. The normalized spacial score (nSPS) is 17.6. The molecule has 4 rings (SSSR count). The van der Waals surface area contributed by atoms with Crippen molar-refractivity contribution in [2.45, 2.75) is 18.6 Å². The molecule has 11 heteroatoms. The average Bonchev–Trinajstić information content (AvgIpc) is 3.06. The maximum Gasteiger partial charge on any atom is 0.416 e. The number of rotatable bonds is 5. The number of imide groups is 1. The van der Waals surface area contributed by atoms with Gasteiger partial charge in [0.15, 0.2) is 0 Å². The monoisotopic (exact) mass is 469 g/mol. The van der Waals surface area contributed by atoms with Crippen molar-refractivity contribution in [3.05, 3.63) is 83.6 Å². The van der Waals surface area contributed by atoms with Crippen LogP contribution in [0.15, 0.2) is 66.9 Å². The van der Waals surface area contributed by atoms with Gasteiger partial charge in [0.2, 0.25) is 0 Å². The summed E-state index contributed by atoms with van der Waals surface area (Å²) < 4.78 is 39.1. The maximum atomic E-state index is 13.0. The van der Waals surface area contributed by atoms with Gasteiger partial charge < -0.3 is 16.0 Å². The molecule has 1 saturated heterocycles. The Morgan fingerprint density at radius 1 is 1.00 bits per heavy atom. The summed E-state index contributed by atoms with van der Waals surface area (Å²) in [6.07, 6.45) is -3.12. The number of urea groups is 1. The number of nitrogens with one attached hydrogen (secondary N) is 4. The highest BCUT2D eigenvalue weighted by molar-refractivity contribution is 6.09. The third kappa shape index (κ3) is 4.53. The van der Waals surface area contributed by atoms with Crippen molar-refractivity contribution in [2.75, 3.05) is 10.6 Å². The van der Waals surface area contributed by atoms with Crippen molar-refractivity contribution >= 4 is 35.0 Å². The summed E-state index contributed by atoms with van der Waals surface area (Å²) >= 11 is 0. The summed E-state index contributed by atoms with van der Waals surface area (Å²) in [7, 11) is 0. The topological polar surface area (TPSA) is 112 Å². The number of hydrogen-bond donors (Lipinski definition) is 4. The van der Waals surface area contributed by atoms with Gasteiger partial charge in [-0.15, -0.1) is 0 Å². The van der Waals surface area contributed by atoms with Crippen LogP contribution in [0.1, 0.15) is 28.4 Å². The molecule has 0 aliphatic carbocycles. The van der Waals surface area contributed by atoms with Gasteiger partial charge in [-0.25, -0.2) is 9.78 Å². The van der Waals surface area contributed by atoms with Gasteiger partial charge in [-0.05, 0) is 55.0 Å². The van der Waals surface area contributed by atoms with Crippen molar-refractivity contribution in [3.63, 3.8) is 0 Å². The first kappa shape index (κ1) is 22.8. The summed E-state index contributed by atoms with van der Waals surface area (Å²) in [6, 6.07) is 13.3. The third-order valence-electron chi connectivity index (χ3n) is 5.25. The lowest BCUT2D eigenvalue weighted by Gasteiger charge is -2.21. The van der Waals surface area contributed by atoms with Crippen LogP contribution < -0.4 is 21.3 Å². The van der Waals surface area contributed by atoms with E-state index in [4.69, 9.17) is 0 Å². The second kappa shape index (κ2) is 8.50. The molecular weight excluding hydrogens is 451 g/mol. The Kier molecular flexibility index (Phi) is 5.70. The van der Waals surface area contributed by atoms with Crippen molar-refractivity contribution in [1.82, 2.24) is 15.6 Å². The lowest BCUT2D eigenvalue weighted by atomic mass is 9.92. The Morgan fingerprint density at radius 2 is 1.74 bits per heavy atom. The fourth-order valence-electron chi connectivity index (χ4n) is 3.45. The fourth-order valence-corrected chi connectivity index (χ4v) is 3.45. The van der Waals surface area contributed by atoms with Crippen LogP contribution in [0.4, 0.5) is 35.2 Å². The molecule has 3 aromatic rings. The van der Waals surface area contributed by atoms with Gasteiger partial charge in [0.05, 0.1) is 11.1 Å². The molecule has 0 radical (unpaired) electrons. The molecule has 0 saturated carbocycles. The zero-order chi connectivity index (χ0) is 24.5. The van der Waals surface area contributed by atoms with Gasteiger partial charge in [0, 0.05) is 17.6 Å². The van der Waals surface area contributed by atoms with E-state index in [1.54, 1.807) is 24.3 Å². The van der Waals surface area contributed by atoms with E-state index in [1.165, 1.54) is 37.4 Å². The summed E-state index contributed by atoms with van der Waals surface area (Å²) in [4.78, 5) is 40.8. The van der Waals surface area contributed by atoms with Crippen molar-refractivity contribution in [2.24, 2.45) is 0 Å². The number of pyridine rings is 1. The SMILES string of the molecule is CC1(c2cccc(NC(=O)c3cccnc3Nc3cccc(C(F)(F)F)c3)c2)NC(=O)NC1=O. The van der Waals surface area contributed by atoms with E-state index in [9.17, 15) is 27.6 Å². The molecule has 34 heavy (non-hydrogen) atoms. The Balaban J connectivity index is 1.57. The molecule has 2 heterocycles. The molecule has 0 spiro atoms. The van der Waals surface area contributed by atoms with Gasteiger partial charge >= 0.3 is 12.2 Å². The number of carbonyl (C=O) groups excluding carboxylic acids is 3. The fraction of sp³-hybridized carbons (Fsp3) is 0.130. The molecule has 1 atom stereocenters. The first-order valence-electron chi connectivity index (χ1n) is 10.0. The molecule has 1 unspecified atom stereocenters. The first-order chi connectivity index (χ1) is 16.1. The van der Waals surface area contributed by atoms with Crippen LogP contribution in [0.5, 0.6) is 0 Å². The lowest BCUT2D eigenvalue weighted by molar-refractivity contribution is -0.137. The Labute approximate surface area is 191 Å². The van der Waals surface area contributed by atoms with Crippen molar-refractivity contribution < 1.29 is 27.6 Å². The van der Waals surface area contributed by atoms with Crippen LogP contribution in [-0.2, 0) is 16.5 Å². The lowest BCUT2D eigenvalue weighted by Crippen LogP contribution is -2.40. The molecule has 4 N–H and O–H groups in total. The zero-order valence-corrected chi connectivity index (χ0v) is 17.7. The first-order valence-corrected chi connectivity index (χ1v) is 10.0. The quantitative estimate of drug-likeness (QED) is 0.420. The minimum absolute atomic E-state index is 0.0601. The second-order valence-corrected chi connectivity index (χ2v) is 7.67. The van der Waals surface area contributed by atoms with Crippen molar-refractivity contribution in [3.8, 4) is 0 Å². The minimum atomic E-state index is -4.51. The van der Waals surface area contributed by atoms with Gasteiger partial charge in [-0.1, -0.05) is 18.2 Å². The largest absolute Gasteiger partial charge is 0.416 e. The number of aromatic nitrogens is 1. The van der Waals surface area contributed by atoms with E-state index >= 15 is 0 Å². The molecule has 1 fully saturated rings. The second-order valence-electron chi connectivity index (χ2n) is 7.67. The minimum Gasteiger partial charge on any atom is -0.340 e. The Bertz CT molecular complexity index is 1290. The maximum absolute atomic E-state index is 13.0. The van der Waals surface area contributed by atoms with E-state index in [0.29, 0.717) is 11.3 Å². The number of anilines is 3. The summed E-state index contributed by atoms with van der Waals surface area (Å²) in [6.45, 7) is 1.53. The molecule has 1 aromatic heterocycles. The van der Waals surface area contributed by atoms with Crippen LogP contribution in [0.25, 0.3) is 0 Å². The summed E-state index contributed by atoms with van der Waals surface area (Å²) in [5.74, 6) is -1.05. The number of amides is 4. The zero-order valence-electron chi connectivity index (χ0n) is 17.7. The molecule has 1 aliphatic rings. The number of carbonyl (C=O) groups is 3. The number of nitrogens with zero attached hydrogens (tertiary/aromatic N) is 1. The van der Waals surface area contributed by atoms with Crippen LogP contribution in [-0.4, -0.2) is 22.8 Å². The van der Waals surface area contributed by atoms with Crippen molar-refractivity contribution in [1.29, 1.82) is 0 Å². The molecular formula is C23H18F3N5O3. The Morgan fingerprint density at radius 3 is 2.44 bits per heavy atom. The predicted octanol–water partition coefficient (Wildman–Crippen LogP) is 4.15. The van der Waals surface area contributed by atoms with Crippen LogP contribution in [0.2, 0.25) is 0 Å². The van der Waals surface area contributed by atoms with E-state index in [0.717, 1.165) is 12.1 Å². The molecule has 174 valence electrons. The van der Waals surface area contributed by atoms with E-state index in [1.807, 2.05) is 0 Å². The highest BCUT2D eigenvalue weighted by Crippen LogP contribution is 2.32. The smallest absolute Gasteiger partial charge is 0.340 e. The van der Waals surface area contributed by atoms with Gasteiger partial charge in [0.1, 0.15) is 11.4 Å². The number of hydrogen-bond acceptors (Lipinski definition) is 5. The summed E-state index contributed by atoms with van der Waals surface area (Å²) in [5, 5.41) is 10.2. The molecule has 4 amide bonds. The number of benzene rings is 2. The average molecular weight is 469 g/mol. The van der Waals surface area contributed by atoms with Gasteiger partial charge in [0.25, 0.3) is 11.8 Å². The van der Waals surface area contributed by atoms with Crippen LogP contribution in [0.3, 0.4) is 0 Å². The predicted molar refractivity (Wildman–Crippen MR) is 117 cm³/mol. The van der Waals surface area contributed by atoms with Crippen LogP contribution >= 0.6 is 0 Å². The standard InChI is InChI=1S/C23H18F3N5O3/c1-22(20(33)30-21(34)31-22)13-5-2-8-16(11-13)29-19(32)17-9-4-10-27-18(17)28-15-7-3-6-14(12-15)23(24,25)26/h2-12H,1H3,(H,27,28)(H,29,32)(H2,30,31,33,34).